The first kappa shape index (κ1) is 25.7. The molecule has 0 unspecified atom stereocenters. The monoisotopic (exact) mass is 466 g/mol. The number of hydrogen-bond donors (Lipinski definition) is 2. The van der Waals surface area contributed by atoms with E-state index >= 15 is 0 Å². The molecule has 2 N–H and O–H groups in total. The Balaban J connectivity index is 1.42. The van der Waals surface area contributed by atoms with Crippen molar-refractivity contribution in [1.82, 2.24) is 0 Å². The number of phenolic OH excluding ortho intramolecular Hbond substituents is 2. The van der Waals surface area contributed by atoms with Gasteiger partial charge in [0.2, 0.25) is 5.43 Å². The Morgan fingerprint density at radius 3 is 2.00 bits per heavy atom. The van der Waals surface area contributed by atoms with Gasteiger partial charge in [-0.3, -0.25) is 4.79 Å². The topological polar surface area (TPSA) is 79.9 Å². The lowest BCUT2D eigenvalue weighted by Crippen LogP contribution is -2.05. The highest BCUT2D eigenvalue weighted by Gasteiger charge is 2.14. The number of phenols is 2. The van der Waals surface area contributed by atoms with Crippen molar-refractivity contribution in [1.29, 1.82) is 0 Å². The van der Waals surface area contributed by atoms with Crippen LogP contribution in [0.25, 0.3) is 22.1 Å². The fraction of sp³-hybridized carbons (Fsp3) is 0.483. The van der Waals surface area contributed by atoms with Crippen LogP contribution in [-0.4, -0.2) is 16.8 Å². The summed E-state index contributed by atoms with van der Waals surface area (Å²) in [5, 5.41) is 20.1. The predicted octanol–water partition coefficient (Wildman–Crippen LogP) is 7.95. The summed E-state index contributed by atoms with van der Waals surface area (Å²) < 4.78 is 11.5. The van der Waals surface area contributed by atoms with Crippen LogP contribution in [0.5, 0.6) is 17.2 Å². The Morgan fingerprint density at radius 1 is 0.794 bits per heavy atom. The molecule has 5 heteroatoms. The molecule has 34 heavy (non-hydrogen) atoms. The maximum absolute atomic E-state index is 12.9. The molecule has 0 aliphatic carbocycles. The molecule has 0 spiro atoms. The Morgan fingerprint density at radius 2 is 1.38 bits per heavy atom. The summed E-state index contributed by atoms with van der Waals surface area (Å²) in [5.41, 5.74) is 0.905. The van der Waals surface area contributed by atoms with Crippen LogP contribution in [0.2, 0.25) is 0 Å². The summed E-state index contributed by atoms with van der Waals surface area (Å²) >= 11 is 0. The van der Waals surface area contributed by atoms with E-state index in [1.165, 1.54) is 88.7 Å². The van der Waals surface area contributed by atoms with E-state index in [1.807, 2.05) is 0 Å². The Labute approximate surface area is 202 Å². The summed E-state index contributed by atoms with van der Waals surface area (Å²) in [7, 11) is 0. The zero-order valence-electron chi connectivity index (χ0n) is 20.4. The van der Waals surface area contributed by atoms with Gasteiger partial charge in [-0.2, -0.15) is 0 Å². The maximum Gasteiger partial charge on any atom is 0.204 e. The number of ether oxygens (including phenoxy) is 1. The van der Waals surface area contributed by atoms with Gasteiger partial charge < -0.3 is 19.4 Å². The molecule has 0 saturated carbocycles. The van der Waals surface area contributed by atoms with Crippen LogP contribution >= 0.6 is 0 Å². The van der Waals surface area contributed by atoms with Crippen molar-refractivity contribution >= 4 is 11.0 Å². The fourth-order valence-electron chi connectivity index (χ4n) is 4.26. The number of fused-ring (bicyclic) bond motifs is 1. The van der Waals surface area contributed by atoms with E-state index in [-0.39, 0.29) is 27.9 Å². The third kappa shape index (κ3) is 7.54. The van der Waals surface area contributed by atoms with Crippen molar-refractivity contribution in [3.8, 4) is 28.4 Å². The lowest BCUT2D eigenvalue weighted by molar-refractivity contribution is 0.302. The quantitative estimate of drug-likeness (QED) is 0.222. The Bertz CT molecular complexity index is 1070. The highest BCUT2D eigenvalue weighted by Crippen LogP contribution is 2.30. The van der Waals surface area contributed by atoms with E-state index in [2.05, 4.69) is 6.92 Å². The van der Waals surface area contributed by atoms with E-state index < -0.39 is 0 Å². The van der Waals surface area contributed by atoms with Crippen molar-refractivity contribution < 1.29 is 19.4 Å². The number of rotatable bonds is 15. The molecular formula is C29H38O5. The van der Waals surface area contributed by atoms with Gasteiger partial charge in [0.25, 0.3) is 0 Å². The molecule has 3 rings (SSSR count). The SMILES string of the molecule is CCCCCCCCCCCCCCOc1cc(O)c2c(=O)c(-c3ccc(O)cc3)coc2c1. The molecule has 0 radical (unpaired) electrons. The van der Waals surface area contributed by atoms with Gasteiger partial charge in [0.05, 0.1) is 12.2 Å². The predicted molar refractivity (Wildman–Crippen MR) is 138 cm³/mol. The number of aromatic hydroxyl groups is 2. The fourth-order valence-corrected chi connectivity index (χ4v) is 4.26. The molecule has 2 aromatic carbocycles. The normalized spacial score (nSPS) is 11.2. The first-order chi connectivity index (χ1) is 16.6. The van der Waals surface area contributed by atoms with Crippen LogP contribution < -0.4 is 10.2 Å². The average molecular weight is 467 g/mol. The molecule has 1 heterocycles. The van der Waals surface area contributed by atoms with Crippen LogP contribution in [0.1, 0.15) is 84.0 Å². The summed E-state index contributed by atoms with van der Waals surface area (Å²) in [4.78, 5) is 12.9. The molecule has 0 saturated heterocycles. The highest BCUT2D eigenvalue weighted by molar-refractivity contribution is 5.88. The van der Waals surface area contributed by atoms with Crippen LogP contribution in [-0.2, 0) is 0 Å². The van der Waals surface area contributed by atoms with Crippen LogP contribution in [0, 0.1) is 0 Å². The number of hydrogen-bond acceptors (Lipinski definition) is 5. The molecule has 0 fully saturated rings. The molecule has 1 aromatic heterocycles. The van der Waals surface area contributed by atoms with Crippen molar-refractivity contribution in [3.63, 3.8) is 0 Å². The summed E-state index contributed by atoms with van der Waals surface area (Å²) in [6.45, 7) is 2.82. The molecule has 0 amide bonds. The molecule has 184 valence electrons. The molecule has 5 nitrogen and oxygen atoms in total. The second-order valence-corrected chi connectivity index (χ2v) is 9.08. The zero-order chi connectivity index (χ0) is 24.2. The molecule has 3 aromatic rings. The number of unbranched alkanes of at least 4 members (excludes halogenated alkanes) is 11. The molecule has 0 aliphatic rings. The van der Waals surface area contributed by atoms with Gasteiger partial charge in [-0.15, -0.1) is 0 Å². The minimum Gasteiger partial charge on any atom is -0.508 e. The van der Waals surface area contributed by atoms with E-state index in [9.17, 15) is 15.0 Å². The smallest absolute Gasteiger partial charge is 0.204 e. The van der Waals surface area contributed by atoms with Gasteiger partial charge in [0.15, 0.2) is 0 Å². The van der Waals surface area contributed by atoms with Gasteiger partial charge in [0, 0.05) is 12.1 Å². The van der Waals surface area contributed by atoms with Crippen LogP contribution in [0.3, 0.4) is 0 Å². The van der Waals surface area contributed by atoms with Gasteiger partial charge in [-0.25, -0.2) is 0 Å². The lowest BCUT2D eigenvalue weighted by Gasteiger charge is -2.09. The molecule has 0 bridgehead atoms. The van der Waals surface area contributed by atoms with Gasteiger partial charge in [-0.1, -0.05) is 89.7 Å². The minimum atomic E-state index is -0.322. The second kappa shape index (κ2) is 13.7. The average Bonchev–Trinajstić information content (AvgIpc) is 2.83. The van der Waals surface area contributed by atoms with Crippen molar-refractivity contribution in [2.24, 2.45) is 0 Å². The summed E-state index contributed by atoms with van der Waals surface area (Å²) in [6.07, 6.45) is 16.8. The van der Waals surface area contributed by atoms with E-state index in [1.54, 1.807) is 18.2 Å². The van der Waals surface area contributed by atoms with E-state index in [4.69, 9.17) is 9.15 Å². The zero-order valence-corrected chi connectivity index (χ0v) is 20.4. The van der Waals surface area contributed by atoms with E-state index in [0.29, 0.717) is 23.5 Å². The largest absolute Gasteiger partial charge is 0.508 e. The second-order valence-electron chi connectivity index (χ2n) is 9.08. The van der Waals surface area contributed by atoms with Crippen LogP contribution in [0.4, 0.5) is 0 Å². The summed E-state index contributed by atoms with van der Waals surface area (Å²) in [5.74, 6) is 0.455. The van der Waals surface area contributed by atoms with Gasteiger partial charge >= 0.3 is 0 Å². The summed E-state index contributed by atoms with van der Waals surface area (Å²) in [6, 6.07) is 9.40. The molecule has 0 atom stereocenters. The maximum atomic E-state index is 12.9. The van der Waals surface area contributed by atoms with Crippen molar-refractivity contribution in [2.75, 3.05) is 6.61 Å². The Kier molecular flexibility index (Phi) is 10.3. The Hall–Kier alpha value is -2.95. The van der Waals surface area contributed by atoms with Gasteiger partial charge in [-0.05, 0) is 24.1 Å². The first-order valence-corrected chi connectivity index (χ1v) is 12.8. The highest BCUT2D eigenvalue weighted by atomic mass is 16.5. The van der Waals surface area contributed by atoms with Crippen LogP contribution in [0.15, 0.2) is 51.9 Å². The third-order valence-electron chi connectivity index (χ3n) is 6.28. The lowest BCUT2D eigenvalue weighted by atomic mass is 10.0. The van der Waals surface area contributed by atoms with Crippen molar-refractivity contribution in [3.05, 3.63) is 52.9 Å². The van der Waals surface area contributed by atoms with Gasteiger partial charge in [0.1, 0.15) is 34.5 Å². The third-order valence-corrected chi connectivity index (χ3v) is 6.28. The number of benzene rings is 2. The standard InChI is InChI=1S/C29H38O5/c1-2-3-4-5-6-7-8-9-10-11-12-13-18-33-24-19-26(31)28-27(20-24)34-21-25(29(28)32)22-14-16-23(30)17-15-22/h14-17,19-21,30-31H,2-13,18H2,1H3. The molecular weight excluding hydrogens is 428 g/mol. The van der Waals surface area contributed by atoms with Crippen molar-refractivity contribution in [2.45, 2.75) is 84.0 Å². The minimum absolute atomic E-state index is 0.117. The van der Waals surface area contributed by atoms with E-state index in [0.717, 1.165) is 12.8 Å². The molecule has 0 aliphatic heterocycles. The first-order valence-electron chi connectivity index (χ1n) is 12.8.